The highest BCUT2D eigenvalue weighted by Crippen LogP contribution is 2.32. The second kappa shape index (κ2) is 7.03. The number of carbonyl (C=O) groups is 3. The fourth-order valence-corrected chi connectivity index (χ4v) is 2.95. The number of rotatable bonds is 3. The van der Waals surface area contributed by atoms with Gasteiger partial charge in [-0.05, 0) is 30.7 Å². The first kappa shape index (κ1) is 17.1. The van der Waals surface area contributed by atoms with E-state index >= 15 is 0 Å². The summed E-state index contributed by atoms with van der Waals surface area (Å²) in [5.41, 5.74) is 1.34. The molecule has 5 heteroatoms. The van der Waals surface area contributed by atoms with Gasteiger partial charge in [0.2, 0.25) is 0 Å². The van der Waals surface area contributed by atoms with Crippen molar-refractivity contribution >= 4 is 35.2 Å². The highest BCUT2D eigenvalue weighted by Gasteiger charge is 2.42. The molecule has 0 spiro atoms. The summed E-state index contributed by atoms with van der Waals surface area (Å²) in [5.74, 6) is -2.73. The van der Waals surface area contributed by atoms with Gasteiger partial charge in [0.15, 0.2) is 11.6 Å². The molecule has 25 heavy (non-hydrogen) atoms. The molecule has 0 saturated heterocycles. The lowest BCUT2D eigenvalue weighted by atomic mass is 9.77. The lowest BCUT2D eigenvalue weighted by Gasteiger charge is -2.24. The minimum atomic E-state index is -1.25. The molecule has 0 aliphatic heterocycles. The standard InChI is InChI=1S/C20H15ClO4/c1-2-25-20(24)17-16(11-12-7-9-13(21)10-8-12)18(22)14-5-3-4-6-15(14)19(17)23/h3-11,17H,2H2,1H3/b16-11-/t17-/m0/s1. The number of ether oxygens (including phenoxy) is 1. The molecule has 0 N–H and O–H groups in total. The van der Waals surface area contributed by atoms with Crippen LogP contribution in [0.5, 0.6) is 0 Å². The Bertz CT molecular complexity index is 881. The second-order valence-electron chi connectivity index (χ2n) is 5.58. The summed E-state index contributed by atoms with van der Waals surface area (Å²) >= 11 is 5.88. The van der Waals surface area contributed by atoms with Crippen LogP contribution in [0, 0.1) is 5.92 Å². The van der Waals surface area contributed by atoms with Gasteiger partial charge in [-0.2, -0.15) is 0 Å². The molecule has 1 aliphatic rings. The summed E-state index contributed by atoms with van der Waals surface area (Å²) in [6, 6.07) is 13.3. The molecule has 0 amide bonds. The summed E-state index contributed by atoms with van der Waals surface area (Å²) in [6.45, 7) is 1.79. The van der Waals surface area contributed by atoms with Crippen molar-refractivity contribution in [3.8, 4) is 0 Å². The molecular formula is C20H15ClO4. The van der Waals surface area contributed by atoms with Crippen molar-refractivity contribution in [2.24, 2.45) is 5.92 Å². The smallest absolute Gasteiger partial charge is 0.321 e. The molecule has 0 saturated carbocycles. The van der Waals surface area contributed by atoms with E-state index in [0.717, 1.165) is 0 Å². The fourth-order valence-electron chi connectivity index (χ4n) is 2.83. The number of hydrogen-bond donors (Lipinski definition) is 0. The summed E-state index contributed by atoms with van der Waals surface area (Å²) in [5, 5.41) is 0.556. The lowest BCUT2D eigenvalue weighted by Crippen LogP contribution is -2.36. The SMILES string of the molecule is CCOC(=O)[C@@H]1C(=O)c2ccccc2C(=O)/C1=C\c1ccc(Cl)cc1. The molecule has 2 aromatic carbocycles. The van der Waals surface area contributed by atoms with E-state index in [1.54, 1.807) is 61.5 Å². The zero-order valence-corrected chi connectivity index (χ0v) is 14.2. The fraction of sp³-hybridized carbons (Fsp3) is 0.150. The third kappa shape index (κ3) is 3.26. The average Bonchev–Trinajstić information content (AvgIpc) is 2.61. The van der Waals surface area contributed by atoms with Gasteiger partial charge in [-0.25, -0.2) is 0 Å². The minimum absolute atomic E-state index is 0.115. The zero-order chi connectivity index (χ0) is 18.0. The third-order valence-electron chi connectivity index (χ3n) is 3.99. The summed E-state index contributed by atoms with van der Waals surface area (Å²) in [6.07, 6.45) is 1.55. The van der Waals surface area contributed by atoms with Crippen LogP contribution in [0.3, 0.4) is 0 Å². The van der Waals surface area contributed by atoms with E-state index in [1.807, 2.05) is 0 Å². The van der Waals surface area contributed by atoms with Crippen LogP contribution in [0.4, 0.5) is 0 Å². The second-order valence-corrected chi connectivity index (χ2v) is 6.01. The van der Waals surface area contributed by atoms with E-state index in [1.165, 1.54) is 0 Å². The number of halogens is 1. The van der Waals surface area contributed by atoms with Crippen molar-refractivity contribution in [1.29, 1.82) is 0 Å². The van der Waals surface area contributed by atoms with Gasteiger partial charge < -0.3 is 4.74 Å². The molecule has 0 aromatic heterocycles. The highest BCUT2D eigenvalue weighted by molar-refractivity contribution is 6.31. The molecule has 0 fully saturated rings. The van der Waals surface area contributed by atoms with Gasteiger partial charge >= 0.3 is 5.97 Å². The van der Waals surface area contributed by atoms with Crippen LogP contribution in [0.15, 0.2) is 54.1 Å². The van der Waals surface area contributed by atoms with Gasteiger partial charge in [-0.15, -0.1) is 0 Å². The zero-order valence-electron chi connectivity index (χ0n) is 13.5. The quantitative estimate of drug-likeness (QED) is 0.475. The molecule has 3 rings (SSSR count). The van der Waals surface area contributed by atoms with Crippen LogP contribution < -0.4 is 0 Å². The number of hydrogen-bond acceptors (Lipinski definition) is 4. The first-order valence-electron chi connectivity index (χ1n) is 7.84. The number of benzene rings is 2. The average molecular weight is 355 g/mol. The van der Waals surface area contributed by atoms with E-state index in [4.69, 9.17) is 16.3 Å². The Balaban J connectivity index is 2.15. The summed E-state index contributed by atoms with van der Waals surface area (Å²) in [7, 11) is 0. The predicted octanol–water partition coefficient (Wildman–Crippen LogP) is 3.98. The first-order chi connectivity index (χ1) is 12.0. The number of fused-ring (bicyclic) bond motifs is 1. The van der Waals surface area contributed by atoms with Gasteiger partial charge in [0.05, 0.1) is 6.61 Å². The molecule has 0 unspecified atom stereocenters. The first-order valence-corrected chi connectivity index (χ1v) is 8.22. The largest absolute Gasteiger partial charge is 0.465 e. The monoisotopic (exact) mass is 354 g/mol. The summed E-state index contributed by atoms with van der Waals surface area (Å²) < 4.78 is 5.03. The van der Waals surface area contributed by atoms with Crippen molar-refractivity contribution < 1.29 is 19.1 Å². The highest BCUT2D eigenvalue weighted by atomic mass is 35.5. The third-order valence-corrected chi connectivity index (χ3v) is 4.24. The lowest BCUT2D eigenvalue weighted by molar-refractivity contribution is -0.144. The van der Waals surface area contributed by atoms with E-state index in [0.29, 0.717) is 16.1 Å². The normalized spacial score (nSPS) is 18.2. The molecule has 0 heterocycles. The molecule has 4 nitrogen and oxygen atoms in total. The van der Waals surface area contributed by atoms with Crippen molar-refractivity contribution in [3.05, 3.63) is 75.8 Å². The van der Waals surface area contributed by atoms with E-state index in [9.17, 15) is 14.4 Å². The Kier molecular flexibility index (Phi) is 4.81. The van der Waals surface area contributed by atoms with Crippen LogP contribution in [0.25, 0.3) is 6.08 Å². The molecule has 1 aliphatic carbocycles. The molecule has 1 atom stereocenters. The van der Waals surface area contributed by atoms with Crippen molar-refractivity contribution in [1.82, 2.24) is 0 Å². The predicted molar refractivity (Wildman–Crippen MR) is 94.7 cm³/mol. The summed E-state index contributed by atoms with van der Waals surface area (Å²) in [4.78, 5) is 38.1. The molecule has 2 aromatic rings. The molecule has 126 valence electrons. The molecule has 0 radical (unpaired) electrons. The topological polar surface area (TPSA) is 60.4 Å². The van der Waals surface area contributed by atoms with Gasteiger partial charge in [-0.3, -0.25) is 14.4 Å². The Labute approximate surface area is 150 Å². The van der Waals surface area contributed by atoms with Gasteiger partial charge in [0.1, 0.15) is 5.92 Å². The Morgan fingerprint density at radius 1 is 1.08 bits per heavy atom. The van der Waals surface area contributed by atoms with Crippen LogP contribution >= 0.6 is 11.6 Å². The van der Waals surface area contributed by atoms with Crippen LogP contribution in [-0.4, -0.2) is 24.1 Å². The van der Waals surface area contributed by atoms with E-state index in [-0.39, 0.29) is 23.5 Å². The van der Waals surface area contributed by atoms with Gasteiger partial charge in [-0.1, -0.05) is 48.0 Å². The number of ketones is 2. The Hall–Kier alpha value is -2.72. The number of Topliss-reactive ketones (excluding diaryl/α,β-unsaturated/α-hetero) is 2. The maximum atomic E-state index is 12.9. The molecule has 0 bridgehead atoms. The van der Waals surface area contributed by atoms with Gasteiger partial charge in [0.25, 0.3) is 0 Å². The van der Waals surface area contributed by atoms with Crippen LogP contribution in [0.1, 0.15) is 33.2 Å². The Morgan fingerprint density at radius 3 is 2.36 bits per heavy atom. The molecular weight excluding hydrogens is 340 g/mol. The number of esters is 1. The van der Waals surface area contributed by atoms with Crippen molar-refractivity contribution in [2.45, 2.75) is 6.92 Å². The van der Waals surface area contributed by atoms with Crippen molar-refractivity contribution in [2.75, 3.05) is 6.61 Å². The minimum Gasteiger partial charge on any atom is -0.465 e. The van der Waals surface area contributed by atoms with Crippen LogP contribution in [-0.2, 0) is 9.53 Å². The van der Waals surface area contributed by atoms with E-state index < -0.39 is 17.7 Å². The van der Waals surface area contributed by atoms with E-state index in [2.05, 4.69) is 0 Å². The van der Waals surface area contributed by atoms with Gasteiger partial charge in [0, 0.05) is 21.7 Å². The van der Waals surface area contributed by atoms with Crippen molar-refractivity contribution in [3.63, 3.8) is 0 Å². The van der Waals surface area contributed by atoms with Crippen LogP contribution in [0.2, 0.25) is 5.02 Å². The maximum Gasteiger partial charge on any atom is 0.321 e. The Morgan fingerprint density at radius 2 is 1.72 bits per heavy atom. The maximum absolute atomic E-state index is 12.9. The number of carbonyl (C=O) groups excluding carboxylic acids is 3.